The monoisotopic (exact) mass is 408 g/mol. The Morgan fingerprint density at radius 3 is 2.67 bits per heavy atom. The van der Waals surface area contributed by atoms with Gasteiger partial charge in [-0.3, -0.25) is 14.9 Å². The summed E-state index contributed by atoms with van der Waals surface area (Å²) in [6.45, 7) is 6.69. The molecule has 2 N–H and O–H groups in total. The highest BCUT2D eigenvalue weighted by Gasteiger charge is 2.25. The fraction of sp³-hybridized carbons (Fsp3) is 0.333. The van der Waals surface area contributed by atoms with Gasteiger partial charge in [0, 0.05) is 61.5 Å². The predicted molar refractivity (Wildman–Crippen MR) is 116 cm³/mol. The summed E-state index contributed by atoms with van der Waals surface area (Å²) >= 11 is 0. The predicted octanol–water partition coefficient (Wildman–Crippen LogP) is 3.25. The Balaban J connectivity index is 1.46. The lowest BCUT2D eigenvalue weighted by Gasteiger charge is -2.36. The van der Waals surface area contributed by atoms with Gasteiger partial charge in [-0.2, -0.15) is 0 Å². The molecule has 3 heterocycles. The molecule has 9 heteroatoms. The molecule has 3 aromatic rings. The molecule has 0 radical (unpaired) electrons. The van der Waals surface area contributed by atoms with Crippen molar-refractivity contribution in [2.75, 3.05) is 36.4 Å². The Morgan fingerprint density at radius 2 is 1.97 bits per heavy atom. The number of H-pyrrole nitrogens is 1. The fourth-order valence-electron chi connectivity index (χ4n) is 3.71. The average Bonchev–Trinajstić information content (AvgIpc) is 3.17. The summed E-state index contributed by atoms with van der Waals surface area (Å²) in [5.74, 6) is 0.797. The molecule has 156 valence electrons. The van der Waals surface area contributed by atoms with Gasteiger partial charge in [0.2, 0.25) is 0 Å². The summed E-state index contributed by atoms with van der Waals surface area (Å²) in [5, 5.41) is 15.0. The van der Waals surface area contributed by atoms with Crippen molar-refractivity contribution in [3.8, 4) is 0 Å². The second-order valence-corrected chi connectivity index (χ2v) is 7.66. The smallest absolute Gasteiger partial charge is 0.270 e. The Labute approximate surface area is 173 Å². The maximum atomic E-state index is 13.0. The number of nitrogens with one attached hydrogen (secondary N) is 2. The lowest BCUT2D eigenvalue weighted by atomic mass is 10.2. The van der Waals surface area contributed by atoms with Gasteiger partial charge < -0.3 is 20.1 Å². The molecule has 1 aromatic carbocycles. The number of fused-ring (bicyclic) bond motifs is 1. The van der Waals surface area contributed by atoms with Gasteiger partial charge in [-0.15, -0.1) is 0 Å². The second-order valence-electron chi connectivity index (χ2n) is 7.66. The number of piperazine rings is 1. The molecule has 30 heavy (non-hydrogen) atoms. The minimum absolute atomic E-state index is 0.00952. The van der Waals surface area contributed by atoms with E-state index in [1.54, 1.807) is 23.2 Å². The molecular formula is C21H24N6O3. The third-order valence-corrected chi connectivity index (χ3v) is 5.14. The topological polar surface area (TPSA) is 107 Å². The highest BCUT2D eigenvalue weighted by Crippen LogP contribution is 2.26. The van der Waals surface area contributed by atoms with E-state index in [0.717, 1.165) is 11.5 Å². The number of non-ortho nitro benzene ring substituents is 1. The zero-order chi connectivity index (χ0) is 21.3. The van der Waals surface area contributed by atoms with Crippen LogP contribution in [0.2, 0.25) is 0 Å². The molecule has 0 aliphatic carbocycles. The number of amides is 1. The highest BCUT2D eigenvalue weighted by atomic mass is 16.6. The average molecular weight is 408 g/mol. The summed E-state index contributed by atoms with van der Waals surface area (Å²) in [6.07, 6.45) is 1.78. The normalized spacial score (nSPS) is 14.4. The van der Waals surface area contributed by atoms with E-state index in [-0.39, 0.29) is 11.6 Å². The van der Waals surface area contributed by atoms with Gasteiger partial charge in [-0.25, -0.2) is 4.98 Å². The number of aromatic nitrogens is 2. The Bertz CT molecular complexity index is 1090. The van der Waals surface area contributed by atoms with E-state index in [1.807, 2.05) is 12.1 Å². The van der Waals surface area contributed by atoms with Crippen LogP contribution in [0.4, 0.5) is 17.2 Å². The Kier molecular flexibility index (Phi) is 5.26. The number of benzene rings is 1. The zero-order valence-electron chi connectivity index (χ0n) is 17.0. The van der Waals surface area contributed by atoms with Crippen molar-refractivity contribution in [1.29, 1.82) is 0 Å². The number of hydrogen-bond acceptors (Lipinski definition) is 6. The molecule has 0 unspecified atom stereocenters. The van der Waals surface area contributed by atoms with Gasteiger partial charge >= 0.3 is 0 Å². The van der Waals surface area contributed by atoms with Crippen LogP contribution < -0.4 is 10.2 Å². The van der Waals surface area contributed by atoms with Crippen molar-refractivity contribution in [3.05, 3.63) is 58.4 Å². The van der Waals surface area contributed by atoms with Crippen LogP contribution >= 0.6 is 0 Å². The number of anilines is 2. The lowest BCUT2D eigenvalue weighted by molar-refractivity contribution is -0.384. The van der Waals surface area contributed by atoms with Crippen molar-refractivity contribution in [3.63, 3.8) is 0 Å². The number of carbonyl (C=O) groups is 1. The van der Waals surface area contributed by atoms with Gasteiger partial charge in [0.1, 0.15) is 5.69 Å². The molecular weight excluding hydrogens is 384 g/mol. The minimum Gasteiger partial charge on any atom is -0.380 e. The summed E-state index contributed by atoms with van der Waals surface area (Å²) in [7, 11) is 0. The van der Waals surface area contributed by atoms with E-state index in [2.05, 4.69) is 34.0 Å². The highest BCUT2D eigenvalue weighted by molar-refractivity contribution is 5.98. The van der Waals surface area contributed by atoms with E-state index in [4.69, 9.17) is 0 Å². The molecule has 2 aromatic heterocycles. The van der Waals surface area contributed by atoms with E-state index in [9.17, 15) is 14.9 Å². The lowest BCUT2D eigenvalue weighted by Crippen LogP contribution is -2.49. The first-order valence-electron chi connectivity index (χ1n) is 9.95. The third kappa shape index (κ3) is 3.91. The van der Waals surface area contributed by atoms with Crippen LogP contribution in [-0.4, -0.2) is 57.9 Å². The SMILES string of the molecule is CC(C)Nc1cccnc1N1CCN(C(=O)c2cc3cc([N+](=O)[O-])ccc3[nH]2)CC1. The maximum Gasteiger partial charge on any atom is 0.270 e. The first kappa shape index (κ1) is 19.7. The molecule has 1 aliphatic heterocycles. The maximum absolute atomic E-state index is 13.0. The second kappa shape index (κ2) is 8.02. The largest absolute Gasteiger partial charge is 0.380 e. The molecule has 4 rings (SSSR count). The minimum atomic E-state index is -0.437. The Hall–Kier alpha value is -3.62. The molecule has 1 amide bonds. The summed E-state index contributed by atoms with van der Waals surface area (Å²) in [5.41, 5.74) is 2.15. The van der Waals surface area contributed by atoms with Crippen LogP contribution in [0.3, 0.4) is 0 Å². The fourth-order valence-corrected chi connectivity index (χ4v) is 3.71. The molecule has 1 saturated heterocycles. The molecule has 1 fully saturated rings. The van der Waals surface area contributed by atoms with Gasteiger partial charge in [0.05, 0.1) is 10.6 Å². The molecule has 0 atom stereocenters. The van der Waals surface area contributed by atoms with E-state index < -0.39 is 4.92 Å². The molecule has 0 bridgehead atoms. The number of nitro groups is 1. The van der Waals surface area contributed by atoms with Crippen molar-refractivity contribution < 1.29 is 9.72 Å². The number of rotatable bonds is 5. The quantitative estimate of drug-likeness (QED) is 0.496. The van der Waals surface area contributed by atoms with Crippen molar-refractivity contribution in [2.24, 2.45) is 0 Å². The van der Waals surface area contributed by atoms with Gasteiger partial charge in [0.25, 0.3) is 11.6 Å². The summed E-state index contributed by atoms with van der Waals surface area (Å²) < 4.78 is 0. The third-order valence-electron chi connectivity index (χ3n) is 5.14. The number of pyridine rings is 1. The van der Waals surface area contributed by atoms with E-state index >= 15 is 0 Å². The van der Waals surface area contributed by atoms with Gasteiger partial charge in [0.15, 0.2) is 5.82 Å². The van der Waals surface area contributed by atoms with Crippen molar-refractivity contribution in [1.82, 2.24) is 14.9 Å². The van der Waals surface area contributed by atoms with E-state index in [1.165, 1.54) is 12.1 Å². The van der Waals surface area contributed by atoms with Crippen LogP contribution in [0.15, 0.2) is 42.6 Å². The molecule has 1 aliphatic rings. The standard InChI is InChI=1S/C21H24N6O3/c1-14(2)23-18-4-3-7-22-20(18)25-8-10-26(11-9-25)21(28)19-13-15-12-16(27(29)30)5-6-17(15)24-19/h3-7,12-14,23-24H,8-11H2,1-2H3. The van der Waals surface area contributed by atoms with Crippen molar-refractivity contribution >= 4 is 34.0 Å². The number of carbonyl (C=O) groups excluding carboxylic acids is 1. The van der Waals surface area contributed by atoms with Crippen LogP contribution in [0.5, 0.6) is 0 Å². The number of nitrogens with zero attached hydrogens (tertiary/aromatic N) is 4. The number of hydrogen-bond donors (Lipinski definition) is 2. The molecule has 9 nitrogen and oxygen atoms in total. The first-order valence-corrected chi connectivity index (χ1v) is 9.95. The summed E-state index contributed by atoms with van der Waals surface area (Å²) in [4.78, 5) is 35.1. The number of nitro benzene ring substituents is 1. The zero-order valence-corrected chi connectivity index (χ0v) is 17.0. The van der Waals surface area contributed by atoms with Crippen molar-refractivity contribution in [2.45, 2.75) is 19.9 Å². The van der Waals surface area contributed by atoms with Crippen LogP contribution in [-0.2, 0) is 0 Å². The van der Waals surface area contributed by atoms with Crippen LogP contribution in [0.1, 0.15) is 24.3 Å². The molecule has 0 saturated carbocycles. The van der Waals surface area contributed by atoms with Gasteiger partial charge in [-0.1, -0.05) is 0 Å². The molecule has 0 spiro atoms. The van der Waals surface area contributed by atoms with Crippen LogP contribution in [0, 0.1) is 10.1 Å². The van der Waals surface area contributed by atoms with Crippen LogP contribution in [0.25, 0.3) is 10.9 Å². The summed E-state index contributed by atoms with van der Waals surface area (Å²) in [6, 6.07) is 10.4. The first-order chi connectivity index (χ1) is 14.4. The van der Waals surface area contributed by atoms with E-state index in [0.29, 0.717) is 48.8 Å². The van der Waals surface area contributed by atoms with Gasteiger partial charge in [-0.05, 0) is 38.1 Å². The Morgan fingerprint density at radius 1 is 1.20 bits per heavy atom. The number of aromatic amines is 1.